The van der Waals surface area contributed by atoms with Gasteiger partial charge in [0, 0.05) is 11.3 Å². The molecule has 0 aliphatic heterocycles. The number of nitrogens with zero attached hydrogens (tertiary/aromatic N) is 1. The first-order valence-corrected chi connectivity index (χ1v) is 11.1. The number of ketones is 2. The van der Waals surface area contributed by atoms with Crippen LogP contribution in [0.3, 0.4) is 0 Å². The summed E-state index contributed by atoms with van der Waals surface area (Å²) in [5, 5.41) is 55.8. The van der Waals surface area contributed by atoms with Gasteiger partial charge in [-0.3, -0.25) is 19.3 Å². The van der Waals surface area contributed by atoms with Crippen molar-refractivity contribution < 1.29 is 49.4 Å². The van der Waals surface area contributed by atoms with Crippen molar-refractivity contribution >= 4 is 51.9 Å². The number of hydrogen-bond acceptors (Lipinski definition) is 12. The number of Topliss-reactive ketones (excluding diaryl/α,β-unsaturated/α-hetero) is 2. The first-order valence-electron chi connectivity index (χ1n) is 9.93. The van der Waals surface area contributed by atoms with Gasteiger partial charge in [0.05, 0.1) is 39.0 Å². The normalized spacial score (nSPS) is 24.2. The quantitative estimate of drug-likeness (QED) is 0.141. The predicted molar refractivity (Wildman–Crippen MR) is 121 cm³/mol. The Hall–Kier alpha value is -2.91. The number of hydrogen-bond donors (Lipinski definition) is 6. The second-order valence-corrected chi connectivity index (χ2v) is 9.53. The highest BCUT2D eigenvalue weighted by molar-refractivity contribution is 7.94. The fourth-order valence-corrected chi connectivity index (χ4v) is 5.68. The van der Waals surface area contributed by atoms with Crippen LogP contribution in [0.25, 0.3) is 10.8 Å². The van der Waals surface area contributed by atoms with E-state index >= 15 is 0 Å². The molecule has 0 fully saturated rings. The summed E-state index contributed by atoms with van der Waals surface area (Å²) in [6.45, 7) is 0. The van der Waals surface area contributed by atoms with Gasteiger partial charge in [-0.1, -0.05) is 16.6 Å². The highest BCUT2D eigenvalue weighted by Gasteiger charge is 2.62. The zero-order valence-electron chi connectivity index (χ0n) is 18.1. The van der Waals surface area contributed by atoms with Crippen LogP contribution in [-0.4, -0.2) is 73.8 Å². The van der Waals surface area contributed by atoms with Crippen LogP contribution in [0, 0.1) is 5.92 Å². The van der Waals surface area contributed by atoms with Gasteiger partial charge in [0.1, 0.15) is 22.8 Å². The van der Waals surface area contributed by atoms with Gasteiger partial charge in [-0.15, -0.1) is 4.33 Å². The lowest BCUT2D eigenvalue weighted by Gasteiger charge is -2.47. The number of nitrogens with two attached hydrogens (primary N) is 1. The van der Waals surface area contributed by atoms with Crippen LogP contribution in [-0.2, 0) is 25.4 Å². The Morgan fingerprint density at radius 2 is 1.89 bits per heavy atom. The summed E-state index contributed by atoms with van der Waals surface area (Å²) in [7, 11) is 2.99. The van der Waals surface area contributed by atoms with Crippen molar-refractivity contribution in [2.24, 2.45) is 11.7 Å². The summed E-state index contributed by atoms with van der Waals surface area (Å²) in [4.78, 5) is 39.9. The molecule has 2 aromatic rings. The molecule has 0 unspecified atom stereocenters. The maximum Gasteiger partial charge on any atom is 0.255 e. The van der Waals surface area contributed by atoms with Gasteiger partial charge >= 0.3 is 0 Å². The molecule has 12 nitrogen and oxygen atoms in total. The number of aromatic hydroxyl groups is 2. The molecular weight excluding hydrogens is 508 g/mol. The molecule has 35 heavy (non-hydrogen) atoms. The molecule has 0 radical (unpaired) electrons. The van der Waals surface area contributed by atoms with Crippen LogP contribution in [0.15, 0.2) is 28.4 Å². The molecule has 0 saturated carbocycles. The smallest absolute Gasteiger partial charge is 0.255 e. The fraction of sp³-hybridized carbons (Fsp3) is 0.286. The number of aliphatic hydroxyl groups excluding tert-OH is 1. The summed E-state index contributed by atoms with van der Waals surface area (Å²) in [5.74, 6) is -7.20. The summed E-state index contributed by atoms with van der Waals surface area (Å²) in [6.07, 6.45) is -0.194. The van der Waals surface area contributed by atoms with Crippen LogP contribution < -0.4 is 5.73 Å². The Labute approximate surface area is 206 Å². The summed E-state index contributed by atoms with van der Waals surface area (Å²) < 4.78 is 4.30. The molecule has 1 amide bonds. The van der Waals surface area contributed by atoms with Gasteiger partial charge in [-0.25, -0.2) is 5.26 Å². The number of phenolic OH excluding ortho intramolecular Hbond substituents is 2. The van der Waals surface area contributed by atoms with Crippen LogP contribution in [0.5, 0.6) is 11.5 Å². The van der Waals surface area contributed by atoms with Crippen LogP contribution >= 0.6 is 23.6 Å². The van der Waals surface area contributed by atoms with Crippen molar-refractivity contribution in [1.82, 2.24) is 4.90 Å². The van der Waals surface area contributed by atoms with Crippen molar-refractivity contribution in [1.29, 1.82) is 0 Å². The summed E-state index contributed by atoms with van der Waals surface area (Å²) >= 11 is 6.67. The minimum absolute atomic E-state index is 0.0239. The van der Waals surface area contributed by atoms with Crippen molar-refractivity contribution in [2.75, 3.05) is 14.1 Å². The topological polar surface area (TPSA) is 200 Å². The molecule has 186 valence electrons. The third kappa shape index (κ3) is 3.47. The summed E-state index contributed by atoms with van der Waals surface area (Å²) in [6, 6.07) is 1.45. The number of rotatable bonds is 5. The maximum absolute atomic E-state index is 13.7. The monoisotopic (exact) mass is 526 g/mol. The molecule has 0 bridgehead atoms. The zero-order valence-corrected chi connectivity index (χ0v) is 19.7. The van der Waals surface area contributed by atoms with Crippen LogP contribution in [0.4, 0.5) is 0 Å². The number of benzene rings is 2. The Morgan fingerprint density at radius 3 is 2.46 bits per heavy atom. The number of amides is 1. The minimum Gasteiger partial charge on any atom is -0.508 e. The minimum atomic E-state index is -2.77. The molecule has 14 heteroatoms. The molecule has 3 atom stereocenters. The van der Waals surface area contributed by atoms with Crippen LogP contribution in [0.2, 0.25) is 5.02 Å². The van der Waals surface area contributed by atoms with E-state index in [2.05, 4.69) is 9.37 Å². The van der Waals surface area contributed by atoms with E-state index in [0.717, 1.165) is 0 Å². The van der Waals surface area contributed by atoms with E-state index < -0.39 is 63.4 Å². The Kier molecular flexibility index (Phi) is 6.22. The van der Waals surface area contributed by atoms with E-state index in [0.29, 0.717) is 12.0 Å². The SMILES string of the molecule is CN(C)[C@@H]1C(=O)C(C(N)=O)=C(O)[C@@]2(O)C(=O)c3c(cc4c(Cl)cc(SOOO)c(O)c4c3O)C[C@@H]12. The van der Waals surface area contributed by atoms with Gasteiger partial charge < -0.3 is 26.2 Å². The van der Waals surface area contributed by atoms with E-state index in [1.807, 2.05) is 0 Å². The van der Waals surface area contributed by atoms with Gasteiger partial charge in [-0.2, -0.15) is 0 Å². The van der Waals surface area contributed by atoms with E-state index in [1.54, 1.807) is 0 Å². The second kappa shape index (κ2) is 8.64. The van der Waals surface area contributed by atoms with Crippen molar-refractivity contribution in [3.05, 3.63) is 39.6 Å². The maximum atomic E-state index is 13.7. The van der Waals surface area contributed by atoms with E-state index in [1.165, 1.54) is 31.1 Å². The number of phenols is 2. The van der Waals surface area contributed by atoms with E-state index in [4.69, 9.17) is 22.6 Å². The average Bonchev–Trinajstić information content (AvgIpc) is 2.77. The number of aliphatic hydroxyl groups is 2. The lowest BCUT2D eigenvalue weighted by atomic mass is 9.62. The van der Waals surface area contributed by atoms with Gasteiger partial charge in [-0.05, 0) is 38.2 Å². The number of carbonyl (C=O) groups excluding carboxylic acids is 3. The molecule has 0 aromatic heterocycles. The molecule has 2 aromatic carbocycles. The molecule has 0 spiro atoms. The number of likely N-dealkylation sites (N-methyl/N-ethyl adjacent to an activating group) is 1. The zero-order chi connectivity index (χ0) is 26.0. The van der Waals surface area contributed by atoms with Crippen LogP contribution in [0.1, 0.15) is 15.9 Å². The number of primary amides is 1. The largest absolute Gasteiger partial charge is 0.508 e. The van der Waals surface area contributed by atoms with Gasteiger partial charge in [0.15, 0.2) is 11.4 Å². The Bertz CT molecular complexity index is 1340. The molecule has 2 aliphatic carbocycles. The number of fused-ring (bicyclic) bond motifs is 3. The highest BCUT2D eigenvalue weighted by Crippen LogP contribution is 2.51. The molecule has 7 N–H and O–H groups in total. The molecule has 0 heterocycles. The third-order valence-electron chi connectivity index (χ3n) is 6.37. The second-order valence-electron chi connectivity index (χ2n) is 8.38. The lowest BCUT2D eigenvalue weighted by molar-refractivity contribution is -0.432. The first kappa shape index (κ1) is 25.2. The molecular formula is C21H19ClN2O10S. The average molecular weight is 527 g/mol. The lowest BCUT2D eigenvalue weighted by Crippen LogP contribution is -2.64. The predicted octanol–water partition coefficient (Wildman–Crippen LogP) is 1.23. The van der Waals surface area contributed by atoms with E-state index in [9.17, 15) is 34.8 Å². The van der Waals surface area contributed by atoms with Crippen molar-refractivity contribution in [2.45, 2.75) is 23.0 Å². The molecule has 4 rings (SSSR count). The Morgan fingerprint density at radius 1 is 1.23 bits per heavy atom. The van der Waals surface area contributed by atoms with E-state index in [-0.39, 0.29) is 32.7 Å². The highest BCUT2D eigenvalue weighted by atomic mass is 35.5. The van der Waals surface area contributed by atoms with Gasteiger partial charge in [0.25, 0.3) is 5.91 Å². The van der Waals surface area contributed by atoms with Crippen molar-refractivity contribution in [3.63, 3.8) is 0 Å². The summed E-state index contributed by atoms with van der Waals surface area (Å²) in [5.41, 5.74) is 1.32. The van der Waals surface area contributed by atoms with Gasteiger partial charge in [0.2, 0.25) is 5.78 Å². The Balaban J connectivity index is 2.03. The van der Waals surface area contributed by atoms with Crippen molar-refractivity contribution in [3.8, 4) is 11.5 Å². The fourth-order valence-electron chi connectivity index (χ4n) is 4.90. The first-order chi connectivity index (χ1) is 16.4. The number of halogens is 1. The molecule has 0 saturated heterocycles. The third-order valence-corrected chi connectivity index (χ3v) is 7.30. The standard InChI is InChI=1S/C21H19ClN2O10S/c1-24(2)14-8-4-6-3-7-9(22)5-10(35-34-33-32)15(25)12(7)16(26)11(6)18(28)21(8,31)19(29)13(17(14)27)20(23)30/h3,5,8,14,25-26,29,31-32H,4H2,1-2H3,(H2,23,30)/t8-,14-,21-/m0/s1. The number of carbonyl (C=O) groups is 3. The molecule has 2 aliphatic rings.